The van der Waals surface area contributed by atoms with Crippen molar-refractivity contribution >= 4 is 17.4 Å². The van der Waals surface area contributed by atoms with Crippen molar-refractivity contribution < 1.29 is 25.2 Å². The van der Waals surface area contributed by atoms with Crippen LogP contribution in [0.3, 0.4) is 0 Å². The number of isothiocyanates is 1. The van der Waals surface area contributed by atoms with Crippen molar-refractivity contribution in [3.05, 3.63) is 0 Å². The van der Waals surface area contributed by atoms with Gasteiger partial charge in [-0.3, -0.25) is 0 Å². The van der Waals surface area contributed by atoms with E-state index in [4.69, 9.17) is 9.84 Å². The Bertz CT molecular complexity index is 242. The maximum absolute atomic E-state index is 9.36. The highest BCUT2D eigenvalue weighted by Crippen LogP contribution is 2.21. The van der Waals surface area contributed by atoms with Crippen LogP contribution >= 0.6 is 12.2 Å². The number of rotatable bonds is 2. The van der Waals surface area contributed by atoms with Gasteiger partial charge in [0.15, 0.2) is 6.23 Å². The second kappa shape index (κ2) is 4.90. The van der Waals surface area contributed by atoms with E-state index in [1.54, 1.807) is 0 Å². The molecule has 0 bridgehead atoms. The van der Waals surface area contributed by atoms with E-state index in [1.807, 2.05) is 5.16 Å². The molecule has 14 heavy (non-hydrogen) atoms. The molecule has 0 aliphatic carbocycles. The predicted molar refractivity (Wildman–Crippen MR) is 48.8 cm³/mol. The van der Waals surface area contributed by atoms with E-state index in [0.717, 1.165) is 0 Å². The summed E-state index contributed by atoms with van der Waals surface area (Å²) < 4.78 is 4.97. The first-order valence-corrected chi connectivity index (χ1v) is 4.40. The van der Waals surface area contributed by atoms with Crippen LogP contribution in [0.15, 0.2) is 4.99 Å². The minimum absolute atomic E-state index is 0.478. The first kappa shape index (κ1) is 11.7. The van der Waals surface area contributed by atoms with E-state index in [1.165, 1.54) is 0 Å². The van der Waals surface area contributed by atoms with Crippen molar-refractivity contribution in [1.82, 2.24) is 0 Å². The molecular weight excluding hydrogens is 210 g/mol. The van der Waals surface area contributed by atoms with Gasteiger partial charge in [-0.2, -0.15) is 4.99 Å². The highest BCUT2D eigenvalue weighted by molar-refractivity contribution is 7.78. The number of hydrogen-bond donors (Lipinski definition) is 4. The summed E-state index contributed by atoms with van der Waals surface area (Å²) in [7, 11) is 0. The molecule has 1 unspecified atom stereocenters. The lowest BCUT2D eigenvalue weighted by molar-refractivity contribution is -0.226. The van der Waals surface area contributed by atoms with Crippen LogP contribution in [0, 0.1) is 0 Å². The first-order valence-electron chi connectivity index (χ1n) is 3.99. The van der Waals surface area contributed by atoms with Crippen molar-refractivity contribution in [2.75, 3.05) is 6.61 Å². The van der Waals surface area contributed by atoms with E-state index in [0.29, 0.717) is 0 Å². The fourth-order valence-corrected chi connectivity index (χ4v) is 1.34. The molecule has 1 rings (SSSR count). The Balaban J connectivity index is 2.77. The highest BCUT2D eigenvalue weighted by atomic mass is 32.1. The lowest BCUT2D eigenvalue weighted by atomic mass is 9.99. The number of aliphatic hydroxyl groups is 4. The number of aliphatic imine (C=N–C) groups is 1. The second-order valence-electron chi connectivity index (χ2n) is 2.94. The monoisotopic (exact) mass is 221 g/mol. The highest BCUT2D eigenvalue weighted by Gasteiger charge is 2.43. The van der Waals surface area contributed by atoms with Crippen molar-refractivity contribution in [1.29, 1.82) is 0 Å². The van der Waals surface area contributed by atoms with E-state index < -0.39 is 37.3 Å². The lowest BCUT2D eigenvalue weighted by Crippen LogP contribution is -2.57. The molecule has 5 atom stereocenters. The van der Waals surface area contributed by atoms with Crippen LogP contribution in [0.5, 0.6) is 0 Å². The first-order chi connectivity index (χ1) is 6.61. The van der Waals surface area contributed by atoms with Crippen LogP contribution in [0.4, 0.5) is 0 Å². The second-order valence-corrected chi connectivity index (χ2v) is 3.12. The number of nitrogens with zero attached hydrogens (tertiary/aromatic N) is 1. The van der Waals surface area contributed by atoms with Crippen molar-refractivity contribution in [3.63, 3.8) is 0 Å². The SMILES string of the molecule is OC[C@H]1OC(N=C=S)[C@H](O)[C@@H](O)[C@@H]1O. The van der Waals surface area contributed by atoms with Crippen LogP contribution in [0.25, 0.3) is 0 Å². The fourth-order valence-electron chi connectivity index (χ4n) is 1.24. The molecule has 1 aliphatic heterocycles. The molecule has 0 amide bonds. The van der Waals surface area contributed by atoms with Gasteiger partial charge in [-0.1, -0.05) is 0 Å². The summed E-state index contributed by atoms with van der Waals surface area (Å²) in [6.45, 7) is -0.478. The molecule has 7 heteroatoms. The Morgan fingerprint density at radius 2 is 1.86 bits per heavy atom. The zero-order valence-corrected chi connectivity index (χ0v) is 7.96. The predicted octanol–water partition coefficient (Wildman–Crippen LogP) is -2.11. The van der Waals surface area contributed by atoms with Gasteiger partial charge in [0.05, 0.1) is 11.8 Å². The van der Waals surface area contributed by atoms with Crippen LogP contribution in [-0.4, -0.2) is 62.8 Å². The smallest absolute Gasteiger partial charge is 0.186 e. The van der Waals surface area contributed by atoms with Gasteiger partial charge in [0, 0.05) is 0 Å². The number of thiocarbonyl (C=S) groups is 1. The fraction of sp³-hybridized carbons (Fsp3) is 0.857. The molecule has 0 radical (unpaired) electrons. The third-order valence-electron chi connectivity index (χ3n) is 2.05. The summed E-state index contributed by atoms with van der Waals surface area (Å²) in [6.07, 6.45) is -6.21. The van der Waals surface area contributed by atoms with Crippen LogP contribution < -0.4 is 0 Å². The Morgan fingerprint density at radius 1 is 1.21 bits per heavy atom. The normalized spacial score (nSPS) is 43.0. The van der Waals surface area contributed by atoms with Gasteiger partial charge < -0.3 is 25.2 Å². The Kier molecular flexibility index (Phi) is 4.09. The Hall–Kier alpha value is -0.400. The molecule has 1 fully saturated rings. The zero-order valence-electron chi connectivity index (χ0n) is 7.15. The van der Waals surface area contributed by atoms with Crippen molar-refractivity contribution in [2.24, 2.45) is 4.99 Å². The van der Waals surface area contributed by atoms with Gasteiger partial charge in [-0.15, -0.1) is 0 Å². The summed E-state index contributed by atoms with van der Waals surface area (Å²) >= 11 is 4.31. The van der Waals surface area contributed by atoms with Gasteiger partial charge in [-0.05, 0) is 12.2 Å². The Morgan fingerprint density at radius 3 is 2.36 bits per heavy atom. The molecule has 1 aliphatic rings. The van der Waals surface area contributed by atoms with E-state index in [2.05, 4.69) is 17.2 Å². The molecule has 1 heterocycles. The summed E-state index contributed by atoms with van der Waals surface area (Å²) in [5, 5.41) is 38.8. The van der Waals surface area contributed by atoms with Gasteiger partial charge in [-0.25, -0.2) is 0 Å². The molecule has 0 spiro atoms. The maximum Gasteiger partial charge on any atom is 0.186 e. The van der Waals surface area contributed by atoms with E-state index >= 15 is 0 Å². The third kappa shape index (κ3) is 2.15. The largest absolute Gasteiger partial charge is 0.394 e. The minimum Gasteiger partial charge on any atom is -0.394 e. The quantitative estimate of drug-likeness (QED) is 0.314. The molecule has 0 aromatic carbocycles. The van der Waals surface area contributed by atoms with Gasteiger partial charge in [0.1, 0.15) is 24.4 Å². The standard InChI is InChI=1S/C7H11NO5S/c9-1-3-4(10)5(11)6(12)7(13-3)8-2-14/h3-7,9-12H,1H2/t3-,4-,5+,6-,7?/m1/s1. The topological polar surface area (TPSA) is 103 Å². The molecule has 0 aromatic heterocycles. The number of ether oxygens (including phenoxy) is 1. The molecule has 6 nitrogen and oxygen atoms in total. The van der Waals surface area contributed by atoms with Crippen LogP contribution in [0.2, 0.25) is 0 Å². The zero-order chi connectivity index (χ0) is 10.7. The summed E-state index contributed by atoms with van der Waals surface area (Å²) in [5.41, 5.74) is 0. The maximum atomic E-state index is 9.36. The summed E-state index contributed by atoms with van der Waals surface area (Å²) in [5.74, 6) is 0. The molecule has 80 valence electrons. The Labute approximate surface area is 85.5 Å². The molecule has 0 saturated carbocycles. The lowest BCUT2D eigenvalue weighted by Gasteiger charge is -2.37. The number of hydrogen-bond acceptors (Lipinski definition) is 7. The number of aliphatic hydroxyl groups excluding tert-OH is 4. The summed E-state index contributed by atoms with van der Waals surface area (Å²) in [6, 6.07) is 0. The van der Waals surface area contributed by atoms with Crippen LogP contribution in [0.1, 0.15) is 0 Å². The van der Waals surface area contributed by atoms with Gasteiger partial charge in [0.25, 0.3) is 0 Å². The average Bonchev–Trinajstić information content (AvgIpc) is 2.19. The molecule has 4 N–H and O–H groups in total. The van der Waals surface area contributed by atoms with E-state index in [-0.39, 0.29) is 0 Å². The van der Waals surface area contributed by atoms with Crippen molar-refractivity contribution in [2.45, 2.75) is 30.6 Å². The molecular formula is C7H11NO5S. The average molecular weight is 221 g/mol. The van der Waals surface area contributed by atoms with E-state index in [9.17, 15) is 15.3 Å². The summed E-state index contributed by atoms with van der Waals surface area (Å²) in [4.78, 5) is 3.46. The van der Waals surface area contributed by atoms with Gasteiger partial charge in [0.2, 0.25) is 0 Å². The van der Waals surface area contributed by atoms with Gasteiger partial charge >= 0.3 is 0 Å². The van der Waals surface area contributed by atoms with Crippen LogP contribution in [-0.2, 0) is 4.74 Å². The molecule has 1 saturated heterocycles. The third-order valence-corrected chi connectivity index (χ3v) is 2.15. The molecule has 0 aromatic rings. The minimum atomic E-state index is -1.42. The van der Waals surface area contributed by atoms with Crippen molar-refractivity contribution in [3.8, 4) is 0 Å².